The highest BCUT2D eigenvalue weighted by molar-refractivity contribution is 5.97. The summed E-state index contributed by atoms with van der Waals surface area (Å²) in [7, 11) is 0. The topological polar surface area (TPSA) is 90.5 Å². The van der Waals surface area contributed by atoms with Crippen LogP contribution in [0.5, 0.6) is 5.75 Å². The van der Waals surface area contributed by atoms with Gasteiger partial charge in [-0.15, -0.1) is 0 Å². The van der Waals surface area contributed by atoms with Gasteiger partial charge in [0.05, 0.1) is 17.8 Å². The molecule has 0 spiro atoms. The van der Waals surface area contributed by atoms with E-state index in [2.05, 4.69) is 16.0 Å². The van der Waals surface area contributed by atoms with Gasteiger partial charge in [-0.3, -0.25) is 14.9 Å². The zero-order valence-electron chi connectivity index (χ0n) is 10.6. The summed E-state index contributed by atoms with van der Waals surface area (Å²) in [6.07, 6.45) is -4.58. The molecule has 1 aliphatic heterocycles. The number of carbonyl (C=O) groups is 2. The second kappa shape index (κ2) is 5.60. The van der Waals surface area contributed by atoms with Gasteiger partial charge in [0.2, 0.25) is 11.8 Å². The van der Waals surface area contributed by atoms with Crippen molar-refractivity contribution in [1.82, 2.24) is 10.6 Å². The van der Waals surface area contributed by atoms with Gasteiger partial charge in [-0.2, -0.15) is 13.2 Å². The molecule has 21 heavy (non-hydrogen) atoms. The molecule has 0 radical (unpaired) electrons. The van der Waals surface area contributed by atoms with E-state index in [1.165, 1.54) is 0 Å². The lowest BCUT2D eigenvalue weighted by atomic mass is 10.1. The van der Waals surface area contributed by atoms with Crippen molar-refractivity contribution in [2.24, 2.45) is 0 Å². The van der Waals surface area contributed by atoms with Crippen molar-refractivity contribution in [3.63, 3.8) is 0 Å². The maximum atomic E-state index is 12.6. The van der Waals surface area contributed by atoms with Crippen molar-refractivity contribution in [3.8, 4) is 5.75 Å². The van der Waals surface area contributed by atoms with Crippen LogP contribution in [-0.4, -0.2) is 36.1 Å². The van der Waals surface area contributed by atoms with Crippen molar-refractivity contribution in [3.05, 3.63) is 23.8 Å². The normalized spacial score (nSPS) is 19.0. The molecule has 1 aromatic carbocycles. The van der Waals surface area contributed by atoms with Crippen LogP contribution in [0.15, 0.2) is 18.2 Å². The van der Waals surface area contributed by atoms with Gasteiger partial charge < -0.3 is 15.7 Å². The molecule has 0 saturated carbocycles. The fourth-order valence-corrected chi connectivity index (χ4v) is 1.78. The van der Waals surface area contributed by atoms with Gasteiger partial charge in [-0.1, -0.05) is 0 Å². The standard InChI is InChI=1S/C12H12F3N3O3/c13-12(14,15)6-1-2-9(19)7(3-6)18-11(21)8-4-17-10(20)5-16-8/h1-3,8,16,19H,4-5H2,(H,17,20)(H,18,21). The number of benzene rings is 1. The average Bonchev–Trinajstić information content (AvgIpc) is 2.40. The first kappa shape index (κ1) is 15.1. The summed E-state index contributed by atoms with van der Waals surface area (Å²) in [5, 5.41) is 16.8. The predicted octanol–water partition coefficient (Wildman–Crippen LogP) is 0.437. The Labute approximate surface area is 117 Å². The molecule has 0 aliphatic carbocycles. The molecule has 1 unspecified atom stereocenters. The highest BCUT2D eigenvalue weighted by atomic mass is 19.4. The molecule has 1 saturated heterocycles. The number of halogens is 3. The van der Waals surface area contributed by atoms with Crippen LogP contribution in [-0.2, 0) is 15.8 Å². The lowest BCUT2D eigenvalue weighted by molar-refractivity contribution is -0.137. The van der Waals surface area contributed by atoms with E-state index < -0.39 is 29.4 Å². The first-order chi connectivity index (χ1) is 9.77. The molecule has 0 aromatic heterocycles. The minimum atomic E-state index is -4.58. The van der Waals surface area contributed by atoms with E-state index in [4.69, 9.17) is 0 Å². The number of rotatable bonds is 2. The minimum absolute atomic E-state index is 0.0182. The van der Waals surface area contributed by atoms with Crippen LogP contribution < -0.4 is 16.0 Å². The zero-order chi connectivity index (χ0) is 15.6. The van der Waals surface area contributed by atoms with Gasteiger partial charge in [0, 0.05) is 6.54 Å². The van der Waals surface area contributed by atoms with Crippen LogP contribution in [0, 0.1) is 0 Å². The fourth-order valence-electron chi connectivity index (χ4n) is 1.78. The summed E-state index contributed by atoms with van der Waals surface area (Å²) in [5.74, 6) is -1.40. The molecule has 2 rings (SSSR count). The van der Waals surface area contributed by atoms with E-state index in [0.29, 0.717) is 12.1 Å². The Morgan fingerprint density at radius 3 is 2.67 bits per heavy atom. The van der Waals surface area contributed by atoms with Crippen molar-refractivity contribution in [2.75, 3.05) is 18.4 Å². The number of phenolic OH excluding ortho intramolecular Hbond substituents is 1. The third kappa shape index (κ3) is 3.63. The quantitative estimate of drug-likeness (QED) is 0.597. The average molecular weight is 303 g/mol. The number of alkyl halides is 3. The summed E-state index contributed by atoms with van der Waals surface area (Å²) in [5.41, 5.74) is -1.32. The number of piperazine rings is 1. The van der Waals surface area contributed by atoms with Gasteiger partial charge in [0.15, 0.2) is 0 Å². The van der Waals surface area contributed by atoms with Crippen LogP contribution in [0.2, 0.25) is 0 Å². The molecule has 1 heterocycles. The molecule has 6 nitrogen and oxygen atoms in total. The summed E-state index contributed by atoms with van der Waals surface area (Å²) in [6.45, 7) is -0.0446. The van der Waals surface area contributed by atoms with Gasteiger partial charge in [0.1, 0.15) is 11.8 Å². The summed E-state index contributed by atoms with van der Waals surface area (Å²) >= 11 is 0. The zero-order valence-corrected chi connectivity index (χ0v) is 10.6. The van der Waals surface area contributed by atoms with Crippen LogP contribution in [0.4, 0.5) is 18.9 Å². The highest BCUT2D eigenvalue weighted by Gasteiger charge is 2.31. The number of nitrogens with one attached hydrogen (secondary N) is 3. The Balaban J connectivity index is 2.11. The Morgan fingerprint density at radius 1 is 1.38 bits per heavy atom. The van der Waals surface area contributed by atoms with Crippen molar-refractivity contribution >= 4 is 17.5 Å². The van der Waals surface area contributed by atoms with Gasteiger partial charge in [-0.25, -0.2) is 0 Å². The molecule has 9 heteroatoms. The lowest BCUT2D eigenvalue weighted by Gasteiger charge is -2.23. The fraction of sp³-hybridized carbons (Fsp3) is 0.333. The maximum Gasteiger partial charge on any atom is 0.416 e. The monoisotopic (exact) mass is 303 g/mol. The van der Waals surface area contributed by atoms with E-state index >= 15 is 0 Å². The molecule has 4 N–H and O–H groups in total. The van der Waals surface area contributed by atoms with Crippen molar-refractivity contribution in [2.45, 2.75) is 12.2 Å². The molecule has 1 fully saturated rings. The van der Waals surface area contributed by atoms with Crippen LogP contribution >= 0.6 is 0 Å². The number of aromatic hydroxyl groups is 1. The number of hydrogen-bond acceptors (Lipinski definition) is 4. The van der Waals surface area contributed by atoms with E-state index in [-0.39, 0.29) is 24.7 Å². The Hall–Kier alpha value is -2.29. The molecule has 1 aliphatic rings. The van der Waals surface area contributed by atoms with Crippen molar-refractivity contribution < 1.29 is 27.9 Å². The molecular formula is C12H12F3N3O3. The first-order valence-corrected chi connectivity index (χ1v) is 5.98. The van der Waals surface area contributed by atoms with Gasteiger partial charge in [0.25, 0.3) is 0 Å². The summed E-state index contributed by atoms with van der Waals surface area (Å²) in [4.78, 5) is 22.8. The minimum Gasteiger partial charge on any atom is -0.506 e. The summed E-state index contributed by atoms with van der Waals surface area (Å²) < 4.78 is 37.7. The number of carbonyl (C=O) groups excluding carboxylic acids is 2. The number of amides is 2. The number of anilines is 1. The molecule has 1 aromatic rings. The first-order valence-electron chi connectivity index (χ1n) is 5.98. The predicted molar refractivity (Wildman–Crippen MR) is 66.5 cm³/mol. The molecule has 114 valence electrons. The second-order valence-corrected chi connectivity index (χ2v) is 4.46. The van der Waals surface area contributed by atoms with Crippen LogP contribution in [0.1, 0.15) is 5.56 Å². The Bertz CT molecular complexity index is 565. The smallest absolute Gasteiger partial charge is 0.416 e. The largest absolute Gasteiger partial charge is 0.506 e. The second-order valence-electron chi connectivity index (χ2n) is 4.46. The van der Waals surface area contributed by atoms with E-state index in [0.717, 1.165) is 6.07 Å². The Morgan fingerprint density at radius 2 is 2.10 bits per heavy atom. The van der Waals surface area contributed by atoms with E-state index in [9.17, 15) is 27.9 Å². The molecular weight excluding hydrogens is 291 g/mol. The SMILES string of the molecule is O=C1CNC(C(=O)Nc2cc(C(F)(F)F)ccc2O)CN1. The van der Waals surface area contributed by atoms with E-state index in [1.54, 1.807) is 0 Å². The molecule has 2 amide bonds. The van der Waals surface area contributed by atoms with Crippen molar-refractivity contribution in [1.29, 1.82) is 0 Å². The van der Waals surface area contributed by atoms with Crippen LogP contribution in [0.25, 0.3) is 0 Å². The lowest BCUT2D eigenvalue weighted by Crippen LogP contribution is -2.56. The Kier molecular flexibility index (Phi) is 4.03. The van der Waals surface area contributed by atoms with Gasteiger partial charge in [-0.05, 0) is 18.2 Å². The summed E-state index contributed by atoms with van der Waals surface area (Å²) in [6, 6.07) is 1.43. The third-order valence-corrected chi connectivity index (χ3v) is 2.91. The van der Waals surface area contributed by atoms with Crippen LogP contribution in [0.3, 0.4) is 0 Å². The number of phenols is 1. The van der Waals surface area contributed by atoms with E-state index in [1.807, 2.05) is 0 Å². The highest BCUT2D eigenvalue weighted by Crippen LogP contribution is 2.34. The molecule has 0 bridgehead atoms. The van der Waals surface area contributed by atoms with Gasteiger partial charge >= 0.3 is 6.18 Å². The maximum absolute atomic E-state index is 12.6. The third-order valence-electron chi connectivity index (χ3n) is 2.91. The molecule has 1 atom stereocenters. The number of hydrogen-bond donors (Lipinski definition) is 4.